The molecule has 0 aromatic heterocycles. The van der Waals surface area contributed by atoms with Gasteiger partial charge in [-0.05, 0) is 27.2 Å². The van der Waals surface area contributed by atoms with Gasteiger partial charge in [0.2, 0.25) is 0 Å². The Labute approximate surface area is 166 Å². The molecule has 0 aliphatic rings. The third-order valence-electron chi connectivity index (χ3n) is 3.76. The van der Waals surface area contributed by atoms with Crippen LogP contribution in [0, 0.1) is 0 Å². The molecule has 0 radical (unpaired) electrons. The largest absolute Gasteiger partial charge is 0.394 e. The maximum atomic E-state index is 8.74. The molecule has 0 rings (SSSR count). The highest BCUT2D eigenvalue weighted by molar-refractivity contribution is 7.79. The number of hydroxylamine groups is 3. The molecule has 0 spiro atoms. The van der Waals surface area contributed by atoms with Crippen LogP contribution in [0.25, 0.3) is 0 Å². The molecule has 8 nitrogen and oxygen atoms in total. The molecule has 0 heterocycles. The van der Waals surface area contributed by atoms with Crippen molar-refractivity contribution >= 4 is 10.4 Å². The molecule has 0 aliphatic heterocycles. The lowest BCUT2D eigenvalue weighted by atomic mass is 10.1. The van der Waals surface area contributed by atoms with Crippen molar-refractivity contribution in [1.82, 2.24) is 0 Å². The standard InChI is InChI=1S/C18H40NO3.H2O4S/c1-5-9-10-11-12-13-14-15-16-17-18-19(20-6-2,21-7-3)22-8-4;1-5(2,3)4/h5-18H2,1-4H3;(H2,1,2,3,4)/q+1;. The molecule has 0 aromatic rings. The van der Waals surface area contributed by atoms with Crippen LogP contribution in [0.4, 0.5) is 0 Å². The first-order valence-electron chi connectivity index (χ1n) is 10.3. The molecule has 0 aliphatic carbocycles. The second-order valence-electron chi connectivity index (χ2n) is 6.22. The van der Waals surface area contributed by atoms with Crippen molar-refractivity contribution in [1.29, 1.82) is 0 Å². The lowest BCUT2D eigenvalue weighted by Gasteiger charge is -2.28. The van der Waals surface area contributed by atoms with Crippen molar-refractivity contribution in [3.05, 3.63) is 0 Å². The maximum absolute atomic E-state index is 8.74. The van der Waals surface area contributed by atoms with Gasteiger partial charge in [-0.2, -0.15) is 8.42 Å². The molecule has 0 fully saturated rings. The van der Waals surface area contributed by atoms with Crippen molar-refractivity contribution in [2.45, 2.75) is 91.9 Å². The quantitative estimate of drug-likeness (QED) is 0.150. The van der Waals surface area contributed by atoms with Crippen molar-refractivity contribution in [3.8, 4) is 0 Å². The number of nitrogens with zero attached hydrogens (tertiary/aromatic N) is 1. The average molecular weight is 417 g/mol. The fourth-order valence-electron chi connectivity index (χ4n) is 2.69. The summed E-state index contributed by atoms with van der Waals surface area (Å²) in [7, 11) is -4.67. The minimum atomic E-state index is -4.67. The highest BCUT2D eigenvalue weighted by Gasteiger charge is 2.33. The van der Waals surface area contributed by atoms with E-state index in [4.69, 9.17) is 32.0 Å². The Bertz CT molecular complexity index is 379. The average Bonchev–Trinajstić information content (AvgIpc) is 2.56. The summed E-state index contributed by atoms with van der Waals surface area (Å²) in [5.74, 6) is 0. The highest BCUT2D eigenvalue weighted by Crippen LogP contribution is 2.16. The van der Waals surface area contributed by atoms with Gasteiger partial charge in [0, 0.05) is 6.42 Å². The zero-order valence-electron chi connectivity index (χ0n) is 17.7. The molecule has 2 N–H and O–H groups in total. The molecular weight excluding hydrogens is 374 g/mol. The van der Waals surface area contributed by atoms with Gasteiger partial charge in [-0.15, -0.1) is 14.5 Å². The Morgan fingerprint density at radius 2 is 0.926 bits per heavy atom. The van der Waals surface area contributed by atoms with Crippen LogP contribution < -0.4 is 0 Å². The van der Waals surface area contributed by atoms with Crippen molar-refractivity contribution < 1.29 is 37.0 Å². The minimum Gasteiger partial charge on any atom is -0.264 e. The Hall–Kier alpha value is -0.290. The van der Waals surface area contributed by atoms with E-state index in [1.165, 1.54) is 57.8 Å². The van der Waals surface area contributed by atoms with E-state index in [2.05, 4.69) is 6.92 Å². The van der Waals surface area contributed by atoms with Crippen LogP contribution in [0.15, 0.2) is 0 Å². The first-order valence-corrected chi connectivity index (χ1v) is 11.7. The molecule has 0 aromatic carbocycles. The van der Waals surface area contributed by atoms with Gasteiger partial charge < -0.3 is 0 Å². The first-order chi connectivity index (χ1) is 12.7. The fourth-order valence-corrected chi connectivity index (χ4v) is 2.69. The van der Waals surface area contributed by atoms with Gasteiger partial charge in [-0.3, -0.25) is 9.11 Å². The van der Waals surface area contributed by atoms with E-state index in [9.17, 15) is 0 Å². The van der Waals surface area contributed by atoms with Gasteiger partial charge in [-0.1, -0.05) is 58.3 Å². The van der Waals surface area contributed by atoms with E-state index in [0.29, 0.717) is 19.8 Å². The predicted molar refractivity (Wildman–Crippen MR) is 106 cm³/mol. The van der Waals surface area contributed by atoms with Crippen LogP contribution in [0.1, 0.15) is 91.9 Å². The van der Waals surface area contributed by atoms with E-state index in [-0.39, 0.29) is 4.97 Å². The molecule has 166 valence electrons. The van der Waals surface area contributed by atoms with Crippen LogP contribution in [0.3, 0.4) is 0 Å². The number of quaternary nitrogens is 1. The maximum Gasteiger partial charge on any atom is 0.394 e. The molecule has 9 heteroatoms. The van der Waals surface area contributed by atoms with Gasteiger partial charge in [0.25, 0.3) is 0 Å². The molecule has 0 unspecified atom stereocenters. The lowest BCUT2D eigenvalue weighted by Crippen LogP contribution is -2.48. The summed E-state index contributed by atoms with van der Waals surface area (Å²) in [6.45, 7) is 10.8. The zero-order chi connectivity index (χ0) is 21.0. The Morgan fingerprint density at radius 3 is 1.22 bits per heavy atom. The summed E-state index contributed by atoms with van der Waals surface area (Å²) in [5.41, 5.74) is 0. The van der Waals surface area contributed by atoms with Gasteiger partial charge in [0.1, 0.15) is 19.8 Å². The van der Waals surface area contributed by atoms with Crippen LogP contribution in [-0.4, -0.2) is 48.9 Å². The third kappa shape index (κ3) is 23.7. The topological polar surface area (TPSA) is 102 Å². The monoisotopic (exact) mass is 416 g/mol. The van der Waals surface area contributed by atoms with Crippen LogP contribution in [0.5, 0.6) is 0 Å². The van der Waals surface area contributed by atoms with Crippen LogP contribution in [0.2, 0.25) is 0 Å². The highest BCUT2D eigenvalue weighted by atomic mass is 32.3. The van der Waals surface area contributed by atoms with Crippen molar-refractivity contribution in [2.75, 3.05) is 26.4 Å². The smallest absolute Gasteiger partial charge is 0.264 e. The first kappa shape index (κ1) is 28.9. The molecule has 0 bridgehead atoms. The normalized spacial score (nSPS) is 11.9. The van der Waals surface area contributed by atoms with E-state index < -0.39 is 10.4 Å². The lowest BCUT2D eigenvalue weighted by molar-refractivity contribution is -1.37. The van der Waals surface area contributed by atoms with Gasteiger partial charge in [0.05, 0.1) is 4.97 Å². The summed E-state index contributed by atoms with van der Waals surface area (Å²) in [6, 6.07) is 0. The molecule has 27 heavy (non-hydrogen) atoms. The Morgan fingerprint density at radius 1 is 0.630 bits per heavy atom. The van der Waals surface area contributed by atoms with E-state index in [0.717, 1.165) is 13.0 Å². The molecule has 0 amide bonds. The van der Waals surface area contributed by atoms with Crippen LogP contribution in [-0.2, 0) is 24.9 Å². The van der Waals surface area contributed by atoms with Crippen LogP contribution >= 0.6 is 0 Å². The summed E-state index contributed by atoms with van der Waals surface area (Å²) < 4.78 is 31.6. The zero-order valence-corrected chi connectivity index (χ0v) is 18.5. The van der Waals surface area contributed by atoms with E-state index >= 15 is 0 Å². The summed E-state index contributed by atoms with van der Waals surface area (Å²) in [5, 5.41) is 0. The SMILES string of the molecule is CCCCCCCCCCCC[N+](OCC)(OCC)OCC.O=S(=O)(O)O. The molecular formula is C18H42NO7S+. The molecule has 0 saturated carbocycles. The predicted octanol–water partition coefficient (Wildman–Crippen LogP) is 4.93. The summed E-state index contributed by atoms with van der Waals surface area (Å²) >= 11 is 0. The van der Waals surface area contributed by atoms with Gasteiger partial charge in [0.15, 0.2) is 6.54 Å². The second-order valence-corrected chi connectivity index (χ2v) is 7.11. The number of hydrogen-bond acceptors (Lipinski definition) is 5. The molecule has 0 saturated heterocycles. The summed E-state index contributed by atoms with van der Waals surface area (Å²) in [4.78, 5) is 17.0. The van der Waals surface area contributed by atoms with Crippen molar-refractivity contribution in [3.63, 3.8) is 0 Å². The minimum absolute atomic E-state index is 0.0967. The number of rotatable bonds is 17. The Kier molecular flexibility index (Phi) is 20.4. The van der Waals surface area contributed by atoms with E-state index in [1.54, 1.807) is 0 Å². The molecule has 0 atom stereocenters. The number of unbranched alkanes of at least 4 members (excludes halogenated alkanes) is 9. The fraction of sp³-hybridized carbons (Fsp3) is 1.00. The van der Waals surface area contributed by atoms with E-state index in [1.807, 2.05) is 20.8 Å². The third-order valence-corrected chi connectivity index (χ3v) is 3.76. The summed E-state index contributed by atoms with van der Waals surface area (Å²) in [6.07, 6.45) is 13.3. The van der Waals surface area contributed by atoms with Gasteiger partial charge in [-0.25, -0.2) is 0 Å². The second kappa shape index (κ2) is 19.0. The van der Waals surface area contributed by atoms with Crippen molar-refractivity contribution in [2.24, 2.45) is 0 Å². The van der Waals surface area contributed by atoms with Gasteiger partial charge >= 0.3 is 10.4 Å². The Balaban J connectivity index is 0. The number of hydrogen-bond donors (Lipinski definition) is 2.